The minimum absolute atomic E-state index is 1.03. The van der Waals surface area contributed by atoms with Gasteiger partial charge in [0.1, 0.15) is 0 Å². The molecular formula is C8H7BrI. The van der Waals surface area contributed by atoms with Gasteiger partial charge in [-0.2, -0.15) is 0 Å². The molecule has 0 bridgehead atoms. The Balaban J connectivity index is 2.81. The summed E-state index contributed by atoms with van der Waals surface area (Å²) in [7, 11) is 0. The highest BCUT2D eigenvalue weighted by molar-refractivity contribution is 14.1. The third-order valence-corrected chi connectivity index (χ3v) is 2.47. The van der Waals surface area contributed by atoms with E-state index in [1.165, 1.54) is 10.0 Å². The van der Waals surface area contributed by atoms with Gasteiger partial charge < -0.3 is 0 Å². The van der Waals surface area contributed by atoms with E-state index in [1.54, 1.807) is 0 Å². The quantitative estimate of drug-likeness (QED) is 0.732. The summed E-state index contributed by atoms with van der Waals surface area (Å²) in [5.41, 5.74) is 1.34. The summed E-state index contributed by atoms with van der Waals surface area (Å²) in [5, 5.41) is 0. The van der Waals surface area contributed by atoms with Gasteiger partial charge in [0.15, 0.2) is 0 Å². The summed E-state index contributed by atoms with van der Waals surface area (Å²) in [4.78, 5) is 0. The molecule has 0 aromatic heterocycles. The SMILES string of the molecule is Brc1ccccc1C[CH]I. The van der Waals surface area contributed by atoms with Crippen LogP contribution in [0.2, 0.25) is 0 Å². The smallest absolute Gasteiger partial charge is 0.0271 e. The lowest BCUT2D eigenvalue weighted by atomic mass is 10.2. The molecule has 1 aromatic carbocycles. The number of hydrogen-bond donors (Lipinski definition) is 0. The van der Waals surface area contributed by atoms with Gasteiger partial charge in [-0.25, -0.2) is 0 Å². The van der Waals surface area contributed by atoms with Crippen molar-refractivity contribution in [3.05, 3.63) is 38.7 Å². The first-order valence-corrected chi connectivity index (χ1v) is 5.03. The Bertz CT molecular complexity index is 210. The average Bonchev–Trinajstić information content (AvgIpc) is 1.94. The second-order valence-corrected chi connectivity index (χ2v) is 3.68. The van der Waals surface area contributed by atoms with E-state index >= 15 is 0 Å². The fourth-order valence-electron chi connectivity index (χ4n) is 0.747. The third-order valence-electron chi connectivity index (χ3n) is 1.25. The van der Waals surface area contributed by atoms with Gasteiger partial charge in [-0.05, 0) is 18.1 Å². The lowest BCUT2D eigenvalue weighted by Crippen LogP contribution is -1.81. The highest BCUT2D eigenvalue weighted by Gasteiger charge is 1.94. The molecule has 1 radical (unpaired) electrons. The van der Waals surface area contributed by atoms with Gasteiger partial charge in [-0.1, -0.05) is 56.7 Å². The number of halogens is 2. The summed E-state index contributed by atoms with van der Waals surface area (Å²) in [6.45, 7) is 0. The molecule has 0 fully saturated rings. The third kappa shape index (κ3) is 2.23. The Hall–Kier alpha value is 0.430. The fraction of sp³-hybridized carbons (Fsp3) is 0.125. The molecule has 0 spiro atoms. The van der Waals surface area contributed by atoms with Crippen LogP contribution in [-0.4, -0.2) is 0 Å². The van der Waals surface area contributed by atoms with Crippen molar-refractivity contribution < 1.29 is 0 Å². The Morgan fingerprint density at radius 2 is 2.10 bits per heavy atom. The normalized spacial score (nSPS) is 9.80. The van der Waals surface area contributed by atoms with Crippen LogP contribution in [0.5, 0.6) is 0 Å². The van der Waals surface area contributed by atoms with Gasteiger partial charge in [0.25, 0.3) is 0 Å². The number of hydrogen-bond acceptors (Lipinski definition) is 0. The van der Waals surface area contributed by atoms with Crippen molar-refractivity contribution in [3.63, 3.8) is 0 Å². The van der Waals surface area contributed by atoms with E-state index in [4.69, 9.17) is 0 Å². The molecule has 1 aromatic rings. The van der Waals surface area contributed by atoms with Crippen LogP contribution in [0.1, 0.15) is 5.56 Å². The molecule has 0 aliphatic heterocycles. The van der Waals surface area contributed by atoms with Crippen LogP contribution in [-0.2, 0) is 6.42 Å². The molecule has 53 valence electrons. The second kappa shape index (κ2) is 4.34. The van der Waals surface area contributed by atoms with Crippen molar-refractivity contribution in [1.29, 1.82) is 0 Å². The van der Waals surface area contributed by atoms with Crippen molar-refractivity contribution in [2.75, 3.05) is 0 Å². The Labute approximate surface area is 83.3 Å². The summed E-state index contributed by atoms with van der Waals surface area (Å²) in [6.07, 6.45) is 1.03. The van der Waals surface area contributed by atoms with Crippen molar-refractivity contribution in [2.24, 2.45) is 0 Å². The van der Waals surface area contributed by atoms with Crippen molar-refractivity contribution >= 4 is 38.5 Å². The van der Waals surface area contributed by atoms with Gasteiger partial charge in [-0.3, -0.25) is 0 Å². The number of benzene rings is 1. The lowest BCUT2D eigenvalue weighted by Gasteiger charge is -1.98. The first-order valence-electron chi connectivity index (χ1n) is 3.00. The maximum atomic E-state index is 3.47. The van der Waals surface area contributed by atoms with E-state index in [1.807, 2.05) is 6.07 Å². The first kappa shape index (κ1) is 8.53. The summed E-state index contributed by atoms with van der Waals surface area (Å²) >= 11 is 5.74. The first-order chi connectivity index (χ1) is 4.84. The molecule has 0 atom stereocenters. The molecular weight excluding hydrogens is 303 g/mol. The molecule has 0 N–H and O–H groups in total. The second-order valence-electron chi connectivity index (χ2n) is 1.95. The predicted octanol–water partition coefficient (Wildman–Crippen LogP) is 3.59. The van der Waals surface area contributed by atoms with Crippen molar-refractivity contribution in [3.8, 4) is 0 Å². The van der Waals surface area contributed by atoms with Crippen molar-refractivity contribution in [2.45, 2.75) is 6.42 Å². The van der Waals surface area contributed by atoms with Gasteiger partial charge in [0, 0.05) is 8.90 Å². The molecule has 0 amide bonds. The lowest BCUT2D eigenvalue weighted by molar-refractivity contribution is 1.24. The molecule has 0 nitrogen and oxygen atoms in total. The van der Waals surface area contributed by atoms with Gasteiger partial charge >= 0.3 is 0 Å². The maximum Gasteiger partial charge on any atom is 0.0271 e. The monoisotopic (exact) mass is 309 g/mol. The van der Waals surface area contributed by atoms with Crippen LogP contribution in [0.4, 0.5) is 0 Å². The standard InChI is InChI=1S/C8H7BrI/c9-8-4-2-1-3-7(8)5-6-10/h1-4,6H,5H2. The Morgan fingerprint density at radius 1 is 1.40 bits per heavy atom. The van der Waals surface area contributed by atoms with Crippen LogP contribution >= 0.6 is 38.5 Å². The molecule has 0 aliphatic carbocycles. The number of rotatable bonds is 2. The highest BCUT2D eigenvalue weighted by atomic mass is 127. The molecule has 2 heteroatoms. The topological polar surface area (TPSA) is 0 Å². The molecule has 0 heterocycles. The van der Waals surface area contributed by atoms with Crippen LogP contribution in [0.3, 0.4) is 0 Å². The largest absolute Gasteiger partial charge is 0.0811 e. The zero-order valence-corrected chi connectivity index (χ0v) is 9.09. The Morgan fingerprint density at radius 3 is 2.70 bits per heavy atom. The van der Waals surface area contributed by atoms with E-state index in [9.17, 15) is 0 Å². The van der Waals surface area contributed by atoms with E-state index in [0.717, 1.165) is 6.42 Å². The molecule has 10 heavy (non-hydrogen) atoms. The minimum Gasteiger partial charge on any atom is -0.0811 e. The molecule has 0 saturated heterocycles. The van der Waals surface area contributed by atoms with E-state index in [2.05, 4.69) is 61.1 Å². The molecule has 1 rings (SSSR count). The van der Waals surface area contributed by atoms with Crippen LogP contribution in [0, 0.1) is 4.43 Å². The summed E-state index contributed by atoms with van der Waals surface area (Å²) in [5.74, 6) is 0. The van der Waals surface area contributed by atoms with E-state index in [0.29, 0.717) is 0 Å². The van der Waals surface area contributed by atoms with Crippen molar-refractivity contribution in [1.82, 2.24) is 0 Å². The average molecular weight is 310 g/mol. The summed E-state index contributed by atoms with van der Waals surface area (Å²) < 4.78 is 3.32. The maximum absolute atomic E-state index is 3.47. The van der Waals surface area contributed by atoms with Gasteiger partial charge in [0.05, 0.1) is 0 Å². The van der Waals surface area contributed by atoms with Gasteiger partial charge in [-0.15, -0.1) is 0 Å². The fourth-order valence-corrected chi connectivity index (χ4v) is 1.67. The zero-order chi connectivity index (χ0) is 7.40. The van der Waals surface area contributed by atoms with Gasteiger partial charge in [0.2, 0.25) is 0 Å². The zero-order valence-electron chi connectivity index (χ0n) is 5.35. The van der Waals surface area contributed by atoms with Crippen LogP contribution < -0.4 is 0 Å². The predicted molar refractivity (Wildman–Crippen MR) is 56.2 cm³/mol. The minimum atomic E-state index is 1.03. The highest BCUT2D eigenvalue weighted by Crippen LogP contribution is 2.17. The Kier molecular flexibility index (Phi) is 3.70. The van der Waals surface area contributed by atoms with Crippen LogP contribution in [0.25, 0.3) is 0 Å². The van der Waals surface area contributed by atoms with E-state index < -0.39 is 0 Å². The van der Waals surface area contributed by atoms with Crippen LogP contribution in [0.15, 0.2) is 28.7 Å². The summed E-state index contributed by atoms with van der Waals surface area (Å²) in [6, 6.07) is 8.27. The van der Waals surface area contributed by atoms with E-state index in [-0.39, 0.29) is 0 Å². The molecule has 0 unspecified atom stereocenters. The molecule has 0 saturated carbocycles. The molecule has 0 aliphatic rings.